The molecule has 172 valence electrons. The van der Waals surface area contributed by atoms with Crippen LogP contribution in [0.3, 0.4) is 0 Å². The Hall–Kier alpha value is -4.19. The van der Waals surface area contributed by atoms with Crippen LogP contribution in [-0.2, 0) is 17.9 Å². The van der Waals surface area contributed by atoms with Gasteiger partial charge in [-0.1, -0.05) is 60.7 Å². The Morgan fingerprint density at radius 3 is 2.56 bits per heavy atom. The van der Waals surface area contributed by atoms with E-state index < -0.39 is 6.10 Å². The smallest absolute Gasteiger partial charge is 0.261 e. The van der Waals surface area contributed by atoms with Gasteiger partial charge < -0.3 is 14.6 Å². The lowest BCUT2D eigenvalue weighted by molar-refractivity contribution is -0.127. The molecule has 6 nitrogen and oxygen atoms in total. The summed E-state index contributed by atoms with van der Waals surface area (Å²) in [6.45, 7) is 4.35. The maximum absolute atomic E-state index is 12.7. The van der Waals surface area contributed by atoms with Crippen molar-refractivity contribution in [1.29, 1.82) is 0 Å². The first-order valence-corrected chi connectivity index (χ1v) is 11.2. The van der Waals surface area contributed by atoms with E-state index in [0.29, 0.717) is 17.9 Å². The van der Waals surface area contributed by atoms with E-state index >= 15 is 0 Å². The van der Waals surface area contributed by atoms with E-state index in [1.165, 1.54) is 12.5 Å². The highest BCUT2D eigenvalue weighted by molar-refractivity contribution is 5.94. The first kappa shape index (κ1) is 23.0. The van der Waals surface area contributed by atoms with Crippen molar-refractivity contribution in [1.82, 2.24) is 14.9 Å². The fourth-order valence-corrected chi connectivity index (χ4v) is 3.71. The zero-order valence-electron chi connectivity index (χ0n) is 19.3. The largest absolute Gasteiger partial charge is 0.481 e. The molecule has 0 aliphatic carbocycles. The minimum atomic E-state index is -0.697. The van der Waals surface area contributed by atoms with E-state index in [4.69, 9.17) is 4.74 Å². The van der Waals surface area contributed by atoms with Gasteiger partial charge in [0.15, 0.2) is 11.9 Å². The van der Waals surface area contributed by atoms with E-state index in [9.17, 15) is 9.59 Å². The predicted octanol–water partition coefficient (Wildman–Crippen LogP) is 4.88. The Morgan fingerprint density at radius 1 is 1.03 bits per heavy atom. The number of hydrogen-bond donors (Lipinski definition) is 1. The van der Waals surface area contributed by atoms with Crippen molar-refractivity contribution in [2.24, 2.45) is 0 Å². The summed E-state index contributed by atoms with van der Waals surface area (Å²) in [5.74, 6) is 0.221. The van der Waals surface area contributed by atoms with Crippen LogP contribution in [0.1, 0.15) is 35.3 Å². The molecule has 1 aromatic heterocycles. The predicted molar refractivity (Wildman–Crippen MR) is 132 cm³/mol. The van der Waals surface area contributed by atoms with Crippen molar-refractivity contribution >= 4 is 11.7 Å². The van der Waals surface area contributed by atoms with Crippen LogP contribution in [0.25, 0.3) is 11.1 Å². The van der Waals surface area contributed by atoms with Crippen LogP contribution in [0.5, 0.6) is 5.75 Å². The summed E-state index contributed by atoms with van der Waals surface area (Å²) >= 11 is 0. The van der Waals surface area contributed by atoms with Gasteiger partial charge in [-0.3, -0.25) is 9.59 Å². The van der Waals surface area contributed by atoms with E-state index in [1.807, 2.05) is 29.0 Å². The van der Waals surface area contributed by atoms with Gasteiger partial charge in [0, 0.05) is 31.0 Å². The first-order valence-electron chi connectivity index (χ1n) is 11.2. The SMILES string of the molecule is CC(=O)c1cccc(OC(C)C(=O)NCc2ccccc2-c2ccc(Cn3ccnc3)cc2)c1. The lowest BCUT2D eigenvalue weighted by Crippen LogP contribution is -2.36. The molecule has 0 bridgehead atoms. The van der Waals surface area contributed by atoms with Gasteiger partial charge in [-0.25, -0.2) is 4.98 Å². The Labute approximate surface area is 199 Å². The van der Waals surface area contributed by atoms with Gasteiger partial charge in [-0.05, 0) is 48.2 Å². The molecule has 0 aliphatic heterocycles. The lowest BCUT2D eigenvalue weighted by Gasteiger charge is -2.16. The van der Waals surface area contributed by atoms with Crippen LogP contribution in [0.15, 0.2) is 91.5 Å². The average molecular weight is 454 g/mol. The second-order valence-electron chi connectivity index (χ2n) is 8.15. The van der Waals surface area contributed by atoms with Crippen LogP contribution in [0, 0.1) is 0 Å². The normalized spacial score (nSPS) is 11.6. The molecule has 4 aromatic rings. The second kappa shape index (κ2) is 10.6. The number of imidazole rings is 1. The molecule has 6 heteroatoms. The molecule has 0 spiro atoms. The number of ether oxygens (including phenoxy) is 1. The van der Waals surface area contributed by atoms with Gasteiger partial charge >= 0.3 is 0 Å². The number of ketones is 1. The van der Waals surface area contributed by atoms with Crippen molar-refractivity contribution < 1.29 is 14.3 Å². The lowest BCUT2D eigenvalue weighted by atomic mass is 9.98. The molecule has 0 radical (unpaired) electrons. The zero-order chi connectivity index (χ0) is 23.9. The summed E-state index contributed by atoms with van der Waals surface area (Å²) in [7, 11) is 0. The Bertz CT molecular complexity index is 1260. The van der Waals surface area contributed by atoms with E-state index in [1.54, 1.807) is 43.7 Å². The molecule has 1 unspecified atom stereocenters. The van der Waals surface area contributed by atoms with Gasteiger partial charge in [0.25, 0.3) is 5.91 Å². The number of nitrogens with one attached hydrogen (secondary N) is 1. The van der Waals surface area contributed by atoms with E-state index in [2.05, 4.69) is 40.6 Å². The molecule has 0 aliphatic rings. The van der Waals surface area contributed by atoms with Crippen LogP contribution in [0.4, 0.5) is 0 Å². The van der Waals surface area contributed by atoms with Gasteiger partial charge in [-0.15, -0.1) is 0 Å². The fourth-order valence-electron chi connectivity index (χ4n) is 3.71. The monoisotopic (exact) mass is 453 g/mol. The number of aromatic nitrogens is 2. The molecule has 1 N–H and O–H groups in total. The van der Waals surface area contributed by atoms with Crippen LogP contribution >= 0.6 is 0 Å². The molecule has 34 heavy (non-hydrogen) atoms. The van der Waals surface area contributed by atoms with Gasteiger partial charge in [0.1, 0.15) is 5.75 Å². The highest BCUT2D eigenvalue weighted by Gasteiger charge is 2.16. The van der Waals surface area contributed by atoms with Gasteiger partial charge in [0.2, 0.25) is 0 Å². The molecule has 0 saturated heterocycles. The summed E-state index contributed by atoms with van der Waals surface area (Å²) in [4.78, 5) is 28.3. The summed E-state index contributed by atoms with van der Waals surface area (Å²) < 4.78 is 7.78. The number of nitrogens with zero attached hydrogens (tertiary/aromatic N) is 2. The van der Waals surface area contributed by atoms with Crippen molar-refractivity contribution in [2.75, 3.05) is 0 Å². The number of carbonyl (C=O) groups excluding carboxylic acids is 2. The molecule has 4 rings (SSSR count). The number of rotatable bonds is 9. The molecule has 1 amide bonds. The van der Waals surface area contributed by atoms with Gasteiger partial charge in [-0.2, -0.15) is 0 Å². The zero-order valence-corrected chi connectivity index (χ0v) is 19.3. The average Bonchev–Trinajstić information content (AvgIpc) is 3.36. The molecule has 1 heterocycles. The molecular formula is C28H27N3O3. The van der Waals surface area contributed by atoms with E-state index in [-0.39, 0.29) is 11.7 Å². The maximum Gasteiger partial charge on any atom is 0.261 e. The number of amides is 1. The topological polar surface area (TPSA) is 73.2 Å². The number of benzene rings is 3. The second-order valence-corrected chi connectivity index (χ2v) is 8.15. The highest BCUT2D eigenvalue weighted by Crippen LogP contribution is 2.24. The third-order valence-electron chi connectivity index (χ3n) is 5.58. The third kappa shape index (κ3) is 5.78. The van der Waals surface area contributed by atoms with Crippen molar-refractivity contribution in [2.45, 2.75) is 33.0 Å². The highest BCUT2D eigenvalue weighted by atomic mass is 16.5. The van der Waals surface area contributed by atoms with Crippen LogP contribution in [0.2, 0.25) is 0 Å². The van der Waals surface area contributed by atoms with Crippen molar-refractivity contribution in [3.63, 3.8) is 0 Å². The summed E-state index contributed by atoms with van der Waals surface area (Å²) in [6.07, 6.45) is 4.82. The standard InChI is InChI=1S/C28H27N3O3/c1-20(32)24-7-5-8-26(16-24)34-21(2)28(33)30-17-25-6-3-4-9-27(25)23-12-10-22(11-13-23)18-31-15-14-29-19-31/h3-16,19,21H,17-18H2,1-2H3,(H,30,33). The molecule has 1 atom stereocenters. The number of hydrogen-bond acceptors (Lipinski definition) is 4. The quantitative estimate of drug-likeness (QED) is 0.367. The summed E-state index contributed by atoms with van der Waals surface area (Å²) in [5.41, 5.74) is 4.91. The summed E-state index contributed by atoms with van der Waals surface area (Å²) in [6, 6.07) is 23.3. The first-order chi connectivity index (χ1) is 16.5. The Morgan fingerprint density at radius 2 is 1.82 bits per heavy atom. The Kier molecular flexibility index (Phi) is 7.18. The molecule has 3 aromatic carbocycles. The maximum atomic E-state index is 12.7. The van der Waals surface area contributed by atoms with Crippen molar-refractivity contribution in [3.8, 4) is 16.9 Å². The van der Waals surface area contributed by atoms with Gasteiger partial charge in [0.05, 0.1) is 6.33 Å². The Balaban J connectivity index is 1.39. The fraction of sp³-hybridized carbons (Fsp3) is 0.179. The van der Waals surface area contributed by atoms with Crippen LogP contribution < -0.4 is 10.1 Å². The number of Topliss-reactive ketones (excluding diaryl/α,β-unsaturated/α-hetero) is 1. The molecule has 0 saturated carbocycles. The minimum Gasteiger partial charge on any atom is -0.481 e. The minimum absolute atomic E-state index is 0.0473. The third-order valence-corrected chi connectivity index (χ3v) is 5.58. The van der Waals surface area contributed by atoms with Crippen LogP contribution in [-0.4, -0.2) is 27.3 Å². The van der Waals surface area contributed by atoms with Crippen molar-refractivity contribution in [3.05, 3.63) is 108 Å². The molecule has 0 fully saturated rings. The van der Waals surface area contributed by atoms with E-state index in [0.717, 1.165) is 23.2 Å². The number of carbonyl (C=O) groups is 2. The molecular weight excluding hydrogens is 426 g/mol. The summed E-state index contributed by atoms with van der Waals surface area (Å²) in [5, 5.41) is 2.97.